The van der Waals surface area contributed by atoms with Gasteiger partial charge in [-0.15, -0.1) is 0 Å². The Hall–Kier alpha value is -3.17. The Balaban J connectivity index is 4.03. The summed E-state index contributed by atoms with van der Waals surface area (Å²) >= 11 is 0. The van der Waals surface area contributed by atoms with Crippen LogP contribution in [0.25, 0.3) is 0 Å². The van der Waals surface area contributed by atoms with Gasteiger partial charge in [0.1, 0.15) is 12.6 Å². The molecule has 10 nitrogen and oxygen atoms in total. The van der Waals surface area contributed by atoms with Gasteiger partial charge in [-0.25, -0.2) is 4.79 Å². The van der Waals surface area contributed by atoms with Crippen molar-refractivity contribution in [2.45, 2.75) is 77.7 Å². The largest absolute Gasteiger partial charge is 0.480 e. The first-order valence-electron chi connectivity index (χ1n) is 11.2. The van der Waals surface area contributed by atoms with Crippen LogP contribution in [-0.4, -0.2) is 59.0 Å². The average Bonchev–Trinajstić information content (AvgIpc) is 2.75. The minimum atomic E-state index is -1.18. The minimum Gasteiger partial charge on any atom is -0.480 e. The first kappa shape index (κ1) is 29.8. The van der Waals surface area contributed by atoms with E-state index in [1.54, 1.807) is 0 Å². The lowest BCUT2D eigenvalue weighted by Gasteiger charge is -2.14. The molecule has 0 heterocycles. The van der Waals surface area contributed by atoms with Crippen LogP contribution in [0, 0.1) is 0 Å². The Morgan fingerprint density at radius 1 is 0.818 bits per heavy atom. The van der Waals surface area contributed by atoms with Crippen LogP contribution in [0.15, 0.2) is 23.8 Å². The Morgan fingerprint density at radius 2 is 1.48 bits per heavy atom. The van der Waals surface area contributed by atoms with Crippen molar-refractivity contribution in [3.05, 3.63) is 23.8 Å². The van der Waals surface area contributed by atoms with Gasteiger partial charge in [0.25, 0.3) is 0 Å². The molecule has 0 aliphatic carbocycles. The molecule has 1 atom stereocenters. The molecule has 0 radical (unpaired) electrons. The molecule has 0 fully saturated rings. The number of aliphatic carboxylic acids is 2. The molecule has 0 rings (SSSR count). The molecule has 0 bridgehead atoms. The molecule has 0 aromatic heterocycles. The van der Waals surface area contributed by atoms with E-state index in [-0.39, 0.29) is 43.4 Å². The summed E-state index contributed by atoms with van der Waals surface area (Å²) in [5.41, 5.74) is 1.13. The lowest BCUT2D eigenvalue weighted by atomic mass is 10.1. The molecular weight excluding hydrogens is 430 g/mol. The molecular formula is C23H37N3O7. The van der Waals surface area contributed by atoms with Gasteiger partial charge in [-0.1, -0.05) is 30.2 Å². The Labute approximate surface area is 194 Å². The van der Waals surface area contributed by atoms with Crippen molar-refractivity contribution in [1.82, 2.24) is 16.0 Å². The summed E-state index contributed by atoms with van der Waals surface area (Å²) in [4.78, 5) is 57.1. The van der Waals surface area contributed by atoms with E-state index >= 15 is 0 Å². The minimum absolute atomic E-state index is 0.00309. The maximum atomic E-state index is 12.0. The summed E-state index contributed by atoms with van der Waals surface area (Å²) in [5.74, 6) is -3.27. The zero-order chi connectivity index (χ0) is 25.1. The number of hydrogen-bond acceptors (Lipinski definition) is 5. The summed E-state index contributed by atoms with van der Waals surface area (Å²) in [6, 6.07) is -1.12. The monoisotopic (exact) mass is 467 g/mol. The second-order valence-corrected chi connectivity index (χ2v) is 7.72. The van der Waals surface area contributed by atoms with Gasteiger partial charge in [-0.05, 0) is 46.0 Å². The van der Waals surface area contributed by atoms with Crippen LogP contribution >= 0.6 is 0 Å². The number of carbonyl (C=O) groups is 5. The number of nitrogens with one attached hydrogen (secondary N) is 3. The van der Waals surface area contributed by atoms with Crippen molar-refractivity contribution in [2.75, 3.05) is 13.1 Å². The zero-order valence-electron chi connectivity index (χ0n) is 19.5. The van der Waals surface area contributed by atoms with Crippen molar-refractivity contribution in [3.63, 3.8) is 0 Å². The van der Waals surface area contributed by atoms with Crippen LogP contribution in [0.4, 0.5) is 0 Å². The molecule has 0 aromatic carbocycles. The van der Waals surface area contributed by atoms with Crippen LogP contribution in [0.2, 0.25) is 0 Å². The van der Waals surface area contributed by atoms with Crippen molar-refractivity contribution in [3.8, 4) is 0 Å². The summed E-state index contributed by atoms with van der Waals surface area (Å²) in [6.07, 6.45) is 9.44. The zero-order valence-corrected chi connectivity index (χ0v) is 19.5. The van der Waals surface area contributed by atoms with Gasteiger partial charge in [0.05, 0.1) is 0 Å². The average molecular weight is 468 g/mol. The third-order valence-corrected chi connectivity index (χ3v) is 4.68. The number of amides is 3. The van der Waals surface area contributed by atoms with Gasteiger partial charge in [-0.2, -0.15) is 0 Å². The number of carboxylic acid groups (broad SMARTS) is 2. The summed E-state index contributed by atoms with van der Waals surface area (Å²) in [7, 11) is 0. The topological polar surface area (TPSA) is 162 Å². The SMILES string of the molecule is CC=CC=C(C)CCCC(=O)NC(CCC(=O)NCCCCCC(=O)NCC(=O)O)C(=O)O. The maximum absolute atomic E-state index is 12.0. The van der Waals surface area contributed by atoms with Crippen molar-refractivity contribution in [1.29, 1.82) is 0 Å². The first-order valence-corrected chi connectivity index (χ1v) is 11.2. The van der Waals surface area contributed by atoms with E-state index < -0.39 is 24.5 Å². The van der Waals surface area contributed by atoms with Gasteiger partial charge >= 0.3 is 11.9 Å². The van der Waals surface area contributed by atoms with E-state index in [9.17, 15) is 29.1 Å². The summed E-state index contributed by atoms with van der Waals surface area (Å²) < 4.78 is 0. The van der Waals surface area contributed by atoms with Gasteiger partial charge < -0.3 is 26.2 Å². The second-order valence-electron chi connectivity index (χ2n) is 7.72. The van der Waals surface area contributed by atoms with Crippen molar-refractivity contribution in [2.24, 2.45) is 0 Å². The predicted octanol–water partition coefficient (Wildman–Crippen LogP) is 1.91. The molecule has 0 aliphatic heterocycles. The standard InChI is InChI=1S/C23H37N3O7/c1-3-4-9-17(2)10-8-12-21(29)26-18(23(32)33)13-14-20(28)24-15-7-5-6-11-19(27)25-16-22(30)31/h3-4,9,18H,5-8,10-16H2,1-2H3,(H,24,28)(H,25,27)(H,26,29)(H,30,31)(H,32,33). The van der Waals surface area contributed by atoms with Crippen molar-refractivity contribution >= 4 is 29.7 Å². The highest BCUT2D eigenvalue weighted by atomic mass is 16.4. The van der Waals surface area contributed by atoms with E-state index in [2.05, 4.69) is 16.0 Å². The number of unbranched alkanes of at least 4 members (excludes halogenated alkanes) is 2. The van der Waals surface area contributed by atoms with Gasteiger partial charge in [0.2, 0.25) is 17.7 Å². The molecule has 10 heteroatoms. The van der Waals surface area contributed by atoms with Crippen molar-refractivity contribution < 1.29 is 34.2 Å². The van der Waals surface area contributed by atoms with Crippen LogP contribution in [0.1, 0.15) is 71.6 Å². The van der Waals surface area contributed by atoms with Crippen LogP contribution in [0.5, 0.6) is 0 Å². The second kappa shape index (κ2) is 18.4. The van der Waals surface area contributed by atoms with Crippen LogP contribution in [0.3, 0.4) is 0 Å². The lowest BCUT2D eigenvalue weighted by molar-refractivity contribution is -0.142. The molecule has 0 aromatic rings. The number of hydrogen-bond donors (Lipinski definition) is 5. The van der Waals surface area contributed by atoms with Gasteiger partial charge in [0.15, 0.2) is 0 Å². The third kappa shape index (κ3) is 18.1. The fraction of sp³-hybridized carbons (Fsp3) is 0.609. The Kier molecular flexibility index (Phi) is 16.6. The normalized spacial score (nSPS) is 12.2. The smallest absolute Gasteiger partial charge is 0.326 e. The van der Waals surface area contributed by atoms with Crippen LogP contribution < -0.4 is 16.0 Å². The highest BCUT2D eigenvalue weighted by molar-refractivity contribution is 5.84. The molecule has 0 spiro atoms. The third-order valence-electron chi connectivity index (χ3n) is 4.68. The maximum Gasteiger partial charge on any atom is 0.326 e. The summed E-state index contributed by atoms with van der Waals surface area (Å²) in [6.45, 7) is 3.87. The van der Waals surface area contributed by atoms with E-state index in [0.29, 0.717) is 32.2 Å². The Bertz CT molecular complexity index is 717. The van der Waals surface area contributed by atoms with E-state index in [1.165, 1.54) is 0 Å². The predicted molar refractivity (Wildman–Crippen MR) is 123 cm³/mol. The quantitative estimate of drug-likeness (QED) is 0.152. The molecule has 33 heavy (non-hydrogen) atoms. The number of carboxylic acids is 2. The van der Waals surface area contributed by atoms with Crippen LogP contribution in [-0.2, 0) is 24.0 Å². The fourth-order valence-electron chi connectivity index (χ4n) is 2.84. The number of allylic oxidation sites excluding steroid dienone is 4. The lowest BCUT2D eigenvalue weighted by Crippen LogP contribution is -2.41. The first-order chi connectivity index (χ1) is 15.6. The Morgan fingerprint density at radius 3 is 2.12 bits per heavy atom. The summed E-state index contributed by atoms with van der Waals surface area (Å²) in [5, 5.41) is 25.2. The number of carbonyl (C=O) groups excluding carboxylic acids is 3. The molecule has 186 valence electrons. The molecule has 0 saturated heterocycles. The van der Waals surface area contributed by atoms with E-state index in [0.717, 1.165) is 12.0 Å². The van der Waals surface area contributed by atoms with E-state index in [1.807, 2.05) is 32.1 Å². The highest BCUT2D eigenvalue weighted by Crippen LogP contribution is 2.07. The molecule has 5 N–H and O–H groups in total. The van der Waals surface area contributed by atoms with E-state index in [4.69, 9.17) is 5.11 Å². The molecule has 0 saturated carbocycles. The van der Waals surface area contributed by atoms with Gasteiger partial charge in [0, 0.05) is 25.8 Å². The van der Waals surface area contributed by atoms with Gasteiger partial charge in [-0.3, -0.25) is 19.2 Å². The fourth-order valence-corrected chi connectivity index (χ4v) is 2.84. The highest BCUT2D eigenvalue weighted by Gasteiger charge is 2.20. The molecule has 0 aliphatic rings. The number of rotatable bonds is 18. The molecule has 3 amide bonds. The molecule has 1 unspecified atom stereocenters.